The van der Waals surface area contributed by atoms with Gasteiger partial charge in [0.1, 0.15) is 17.2 Å². The van der Waals surface area contributed by atoms with Gasteiger partial charge in [-0.1, -0.05) is 56.7 Å². The van der Waals surface area contributed by atoms with Crippen LogP contribution in [-0.2, 0) is 9.47 Å². The van der Waals surface area contributed by atoms with E-state index in [0.29, 0.717) is 34.9 Å². The van der Waals surface area contributed by atoms with Crippen LogP contribution in [0.2, 0.25) is 0 Å². The van der Waals surface area contributed by atoms with E-state index in [-0.39, 0.29) is 11.3 Å². The molecular formula is C41H41NO7. The summed E-state index contributed by atoms with van der Waals surface area (Å²) in [5, 5.41) is 0. The largest absolute Gasteiger partial charge is 0.494 e. The van der Waals surface area contributed by atoms with Crippen molar-refractivity contribution in [3.05, 3.63) is 119 Å². The maximum absolute atomic E-state index is 13.0. The van der Waals surface area contributed by atoms with Crippen LogP contribution in [0, 0.1) is 12.0 Å². The Balaban J connectivity index is 0.950. The van der Waals surface area contributed by atoms with Gasteiger partial charge in [0.05, 0.1) is 44.1 Å². The molecule has 2 aliphatic rings. The first-order chi connectivity index (χ1) is 23.9. The zero-order valence-electron chi connectivity index (χ0n) is 28.0. The molecule has 1 saturated heterocycles. The first-order valence-corrected chi connectivity index (χ1v) is 17.0. The molecule has 0 spiro atoms. The molecule has 252 valence electrons. The number of hydrogen-bond acceptors (Lipinski definition) is 7. The van der Waals surface area contributed by atoms with Gasteiger partial charge in [-0.3, -0.25) is 0 Å². The van der Waals surface area contributed by atoms with Crippen molar-refractivity contribution in [2.75, 3.05) is 33.0 Å². The van der Waals surface area contributed by atoms with E-state index >= 15 is 0 Å². The molecule has 0 bridgehead atoms. The molecule has 4 aromatic carbocycles. The van der Waals surface area contributed by atoms with Gasteiger partial charge in [-0.25, -0.2) is 14.4 Å². The Bertz CT molecular complexity index is 1820. The van der Waals surface area contributed by atoms with Crippen molar-refractivity contribution in [2.45, 2.75) is 51.9 Å². The van der Waals surface area contributed by atoms with Gasteiger partial charge >= 0.3 is 11.9 Å². The lowest BCUT2D eigenvalue weighted by molar-refractivity contribution is -0.150. The predicted molar refractivity (Wildman–Crippen MR) is 187 cm³/mol. The van der Waals surface area contributed by atoms with E-state index < -0.39 is 11.9 Å². The fraction of sp³-hybridized carbons (Fsp3) is 0.341. The molecule has 8 nitrogen and oxygen atoms in total. The average Bonchev–Trinajstić information content (AvgIpc) is 3.38. The normalized spacial score (nSPS) is 15.3. The summed E-state index contributed by atoms with van der Waals surface area (Å²) in [5.41, 5.74) is 5.68. The minimum atomic E-state index is -0.485. The minimum absolute atomic E-state index is 0.00541. The van der Waals surface area contributed by atoms with Gasteiger partial charge in [-0.05, 0) is 96.5 Å². The highest BCUT2D eigenvalue weighted by molar-refractivity contribution is 5.92. The third-order valence-electron chi connectivity index (χ3n) is 9.44. The molecule has 6 rings (SSSR count). The second-order valence-electron chi connectivity index (χ2n) is 12.8. The molecule has 4 aromatic rings. The zero-order chi connectivity index (χ0) is 34.2. The van der Waals surface area contributed by atoms with E-state index in [0.717, 1.165) is 86.5 Å². The SMILES string of the molecule is [C-]#[N+]c1ccc(C(=O)Oc2ccc3c(c2)C(C)c2cc(OC(=O)c4ccc(OCCCCCCOCC5(CC)COC5)cc4)ccc2-3)cc1. The molecule has 0 saturated carbocycles. The van der Waals surface area contributed by atoms with Crippen molar-refractivity contribution in [3.8, 4) is 28.4 Å². The van der Waals surface area contributed by atoms with Gasteiger partial charge in [0.25, 0.3) is 0 Å². The van der Waals surface area contributed by atoms with Crippen LogP contribution in [0.25, 0.3) is 16.0 Å². The van der Waals surface area contributed by atoms with Gasteiger partial charge in [0.2, 0.25) is 0 Å². The van der Waals surface area contributed by atoms with E-state index in [1.807, 2.05) is 24.3 Å². The van der Waals surface area contributed by atoms with Crippen molar-refractivity contribution < 1.29 is 33.3 Å². The van der Waals surface area contributed by atoms with Crippen LogP contribution in [0.1, 0.15) is 83.7 Å². The highest BCUT2D eigenvalue weighted by Gasteiger charge is 2.36. The fourth-order valence-electron chi connectivity index (χ4n) is 6.19. The molecule has 0 aromatic heterocycles. The second kappa shape index (κ2) is 15.5. The van der Waals surface area contributed by atoms with E-state index in [4.69, 9.17) is 30.3 Å². The summed E-state index contributed by atoms with van der Waals surface area (Å²) >= 11 is 0. The summed E-state index contributed by atoms with van der Waals surface area (Å²) in [6, 6.07) is 24.7. The zero-order valence-corrected chi connectivity index (χ0v) is 28.0. The molecule has 1 unspecified atom stereocenters. The number of fused-ring (bicyclic) bond motifs is 3. The van der Waals surface area contributed by atoms with E-state index in [2.05, 4.69) is 18.7 Å². The number of nitrogens with zero attached hydrogens (tertiary/aromatic N) is 1. The summed E-state index contributed by atoms with van der Waals surface area (Å²) < 4.78 is 28.5. The molecule has 1 fully saturated rings. The van der Waals surface area contributed by atoms with Gasteiger partial charge < -0.3 is 23.7 Å². The molecule has 8 heteroatoms. The van der Waals surface area contributed by atoms with Crippen molar-refractivity contribution in [1.29, 1.82) is 0 Å². The lowest BCUT2D eigenvalue weighted by Crippen LogP contribution is -2.45. The third-order valence-corrected chi connectivity index (χ3v) is 9.44. The number of carbonyl (C=O) groups is 2. The van der Waals surface area contributed by atoms with E-state index in [1.54, 1.807) is 60.7 Å². The Kier molecular flexibility index (Phi) is 10.7. The van der Waals surface area contributed by atoms with Crippen LogP contribution in [0.4, 0.5) is 5.69 Å². The van der Waals surface area contributed by atoms with Crippen LogP contribution >= 0.6 is 0 Å². The van der Waals surface area contributed by atoms with Crippen LogP contribution in [0.15, 0.2) is 84.9 Å². The Morgan fingerprint density at radius 2 is 1.29 bits per heavy atom. The number of ether oxygens (including phenoxy) is 5. The third kappa shape index (κ3) is 8.02. The van der Waals surface area contributed by atoms with E-state index in [9.17, 15) is 9.59 Å². The van der Waals surface area contributed by atoms with Gasteiger partial charge in [0, 0.05) is 17.9 Å². The summed E-state index contributed by atoms with van der Waals surface area (Å²) in [4.78, 5) is 29.0. The van der Waals surface area contributed by atoms with Crippen LogP contribution in [-0.4, -0.2) is 45.0 Å². The van der Waals surface area contributed by atoms with Crippen molar-refractivity contribution in [3.63, 3.8) is 0 Å². The summed E-state index contributed by atoms with van der Waals surface area (Å²) in [6.45, 7) is 15.2. The Hall–Kier alpha value is -4.97. The van der Waals surface area contributed by atoms with Crippen LogP contribution in [0.3, 0.4) is 0 Å². The molecule has 0 amide bonds. The number of unbranched alkanes of at least 4 members (excludes halogenated alkanes) is 3. The summed E-state index contributed by atoms with van der Waals surface area (Å²) in [7, 11) is 0. The molecule has 1 heterocycles. The number of hydrogen-bond donors (Lipinski definition) is 0. The van der Waals surface area contributed by atoms with Crippen molar-refractivity contribution in [1.82, 2.24) is 0 Å². The topological polar surface area (TPSA) is 84.7 Å². The Morgan fingerprint density at radius 3 is 1.80 bits per heavy atom. The Labute approximate surface area is 287 Å². The van der Waals surface area contributed by atoms with Crippen molar-refractivity contribution >= 4 is 17.6 Å². The summed E-state index contributed by atoms with van der Waals surface area (Å²) in [5.74, 6) is 0.709. The maximum atomic E-state index is 13.0. The highest BCUT2D eigenvalue weighted by atomic mass is 16.5. The number of carbonyl (C=O) groups excluding carboxylic acids is 2. The lowest BCUT2D eigenvalue weighted by atomic mass is 9.84. The Morgan fingerprint density at radius 1 is 0.755 bits per heavy atom. The first-order valence-electron chi connectivity index (χ1n) is 17.0. The van der Waals surface area contributed by atoms with Crippen LogP contribution in [0.5, 0.6) is 17.2 Å². The average molecular weight is 660 g/mol. The standard InChI is InChI=1S/C41H41NO7/c1-4-41(26-46-27-41)25-45-21-7-5-6-8-22-47-32-15-11-30(12-16-32)40(44)49-34-18-20-36-35-19-17-33(23-37(35)28(2)38(36)24-34)48-39(43)29-9-13-31(42-3)14-10-29/h9-20,23-24,28H,4-8,21-22,25-27H2,1-2H3. The molecule has 0 N–H and O–H groups in total. The summed E-state index contributed by atoms with van der Waals surface area (Å²) in [6.07, 6.45) is 5.30. The smallest absolute Gasteiger partial charge is 0.343 e. The van der Waals surface area contributed by atoms with Gasteiger partial charge in [-0.2, -0.15) is 0 Å². The minimum Gasteiger partial charge on any atom is -0.494 e. The number of esters is 2. The molecule has 49 heavy (non-hydrogen) atoms. The van der Waals surface area contributed by atoms with Gasteiger partial charge in [-0.15, -0.1) is 0 Å². The first kappa shape index (κ1) is 33.9. The fourth-order valence-corrected chi connectivity index (χ4v) is 6.19. The number of rotatable bonds is 15. The molecular weight excluding hydrogens is 618 g/mol. The monoisotopic (exact) mass is 659 g/mol. The lowest BCUT2D eigenvalue weighted by Gasteiger charge is -2.40. The van der Waals surface area contributed by atoms with Crippen molar-refractivity contribution in [2.24, 2.45) is 5.41 Å². The molecule has 1 aliphatic heterocycles. The highest BCUT2D eigenvalue weighted by Crippen LogP contribution is 2.47. The van der Waals surface area contributed by atoms with E-state index in [1.165, 1.54) is 0 Å². The molecule has 1 aliphatic carbocycles. The second-order valence-corrected chi connectivity index (χ2v) is 12.8. The number of benzene rings is 4. The van der Waals surface area contributed by atoms with Gasteiger partial charge in [0.15, 0.2) is 5.69 Å². The quantitative estimate of drug-likeness (QED) is 0.0545. The molecule has 1 atom stereocenters. The predicted octanol–water partition coefficient (Wildman–Crippen LogP) is 9.19. The van der Waals surface area contributed by atoms with Crippen LogP contribution < -0.4 is 14.2 Å². The maximum Gasteiger partial charge on any atom is 0.343 e. The molecule has 0 radical (unpaired) electrons.